The van der Waals surface area contributed by atoms with Crippen LogP contribution >= 0.6 is 0 Å². The molecule has 2 N–H and O–H groups in total. The molecule has 0 saturated heterocycles. The van der Waals surface area contributed by atoms with Crippen molar-refractivity contribution in [3.8, 4) is 5.75 Å². The molecule has 0 fully saturated rings. The van der Waals surface area contributed by atoms with Crippen LogP contribution in [0.3, 0.4) is 0 Å². The van der Waals surface area contributed by atoms with Gasteiger partial charge in [-0.25, -0.2) is 0 Å². The Balaban J connectivity index is 2.89. The third-order valence-corrected chi connectivity index (χ3v) is 3.66. The van der Waals surface area contributed by atoms with Crippen molar-refractivity contribution >= 4 is 0 Å². The van der Waals surface area contributed by atoms with Crippen molar-refractivity contribution in [2.24, 2.45) is 0 Å². The average Bonchev–Trinajstić information content (AvgIpc) is 2.45. The van der Waals surface area contributed by atoms with Gasteiger partial charge in [-0.05, 0) is 20.1 Å². The minimum Gasteiger partial charge on any atom is -0.503 e. The van der Waals surface area contributed by atoms with E-state index in [2.05, 4.69) is 18.7 Å². The molecule has 6 nitrogen and oxygen atoms in total. The third-order valence-electron chi connectivity index (χ3n) is 3.66. The van der Waals surface area contributed by atoms with Crippen LogP contribution in [0, 0.1) is 0 Å². The van der Waals surface area contributed by atoms with Gasteiger partial charge in [-0.1, -0.05) is 13.8 Å². The van der Waals surface area contributed by atoms with Crippen molar-refractivity contribution in [3.63, 3.8) is 0 Å². The monoisotopic (exact) mass is 297 g/mol. The molecule has 0 atom stereocenters. The summed E-state index contributed by atoms with van der Waals surface area (Å²) in [7, 11) is 1.89. The molecule has 0 aliphatic heterocycles. The number of hydrogen-bond acceptors (Lipinski definition) is 5. The van der Waals surface area contributed by atoms with E-state index in [9.17, 15) is 9.90 Å². The summed E-state index contributed by atoms with van der Waals surface area (Å²) in [5.41, 5.74) is 0.488. The van der Waals surface area contributed by atoms with Crippen molar-refractivity contribution in [1.29, 1.82) is 0 Å². The summed E-state index contributed by atoms with van der Waals surface area (Å²) in [5, 5.41) is 18.6. The molecular formula is C15H27N3O3. The van der Waals surface area contributed by atoms with Crippen LogP contribution in [0.15, 0.2) is 17.1 Å². The zero-order valence-corrected chi connectivity index (χ0v) is 13.2. The molecular weight excluding hydrogens is 270 g/mol. The second-order valence-corrected chi connectivity index (χ2v) is 5.20. The normalized spacial score (nSPS) is 11.5. The maximum Gasteiger partial charge on any atom is 0.223 e. The quantitative estimate of drug-likeness (QED) is 0.687. The number of likely N-dealkylation sites (N-methyl/N-ethyl adjacent to an activating group) is 2. The number of nitrogens with zero attached hydrogens (tertiary/aromatic N) is 3. The Morgan fingerprint density at radius 1 is 1.24 bits per heavy atom. The largest absolute Gasteiger partial charge is 0.503 e. The maximum atomic E-state index is 11.6. The Morgan fingerprint density at radius 2 is 1.90 bits per heavy atom. The van der Waals surface area contributed by atoms with Gasteiger partial charge < -0.3 is 19.7 Å². The Morgan fingerprint density at radius 3 is 2.48 bits per heavy atom. The van der Waals surface area contributed by atoms with Gasteiger partial charge in [0, 0.05) is 37.9 Å². The molecule has 0 aromatic carbocycles. The highest BCUT2D eigenvalue weighted by molar-refractivity contribution is 5.20. The van der Waals surface area contributed by atoms with Gasteiger partial charge in [0.2, 0.25) is 5.43 Å². The first-order valence-corrected chi connectivity index (χ1v) is 7.45. The first-order chi connectivity index (χ1) is 10.0. The number of pyridine rings is 1. The SMILES string of the molecule is CCN(CC)CCn1cc(O)c(=O)cc1CN(C)CCO. The van der Waals surface area contributed by atoms with Crippen LogP contribution in [0.1, 0.15) is 19.5 Å². The van der Waals surface area contributed by atoms with Crippen molar-refractivity contribution < 1.29 is 10.2 Å². The molecule has 21 heavy (non-hydrogen) atoms. The molecule has 0 aliphatic carbocycles. The van der Waals surface area contributed by atoms with Gasteiger partial charge in [-0.15, -0.1) is 0 Å². The van der Waals surface area contributed by atoms with Crippen LogP contribution in [0.5, 0.6) is 5.75 Å². The van der Waals surface area contributed by atoms with Crippen molar-refractivity contribution in [2.75, 3.05) is 39.8 Å². The third kappa shape index (κ3) is 5.49. The Bertz CT molecular complexity index is 484. The van der Waals surface area contributed by atoms with Gasteiger partial charge in [-0.3, -0.25) is 9.69 Å². The summed E-state index contributed by atoms with van der Waals surface area (Å²) in [5.74, 6) is -0.219. The van der Waals surface area contributed by atoms with Gasteiger partial charge in [0.1, 0.15) is 0 Å². The van der Waals surface area contributed by atoms with E-state index in [1.54, 1.807) is 0 Å². The molecule has 0 unspecified atom stereocenters. The van der Waals surface area contributed by atoms with Gasteiger partial charge >= 0.3 is 0 Å². The van der Waals surface area contributed by atoms with Gasteiger partial charge in [0.05, 0.1) is 12.8 Å². The van der Waals surface area contributed by atoms with Gasteiger partial charge in [0.25, 0.3) is 0 Å². The molecule has 1 aromatic heterocycles. The van der Waals surface area contributed by atoms with E-state index >= 15 is 0 Å². The van der Waals surface area contributed by atoms with Crippen molar-refractivity contribution in [1.82, 2.24) is 14.4 Å². The highest BCUT2D eigenvalue weighted by Gasteiger charge is 2.09. The maximum absolute atomic E-state index is 11.6. The average molecular weight is 297 g/mol. The van der Waals surface area contributed by atoms with Crippen LogP contribution in [-0.2, 0) is 13.1 Å². The summed E-state index contributed by atoms with van der Waals surface area (Å²) in [6.07, 6.45) is 1.51. The number of rotatable bonds is 9. The molecule has 6 heteroatoms. The Labute approximate surface area is 126 Å². The standard InChI is InChI=1S/C15H27N3O3/c1-4-17(5-2)6-7-18-12-15(21)14(20)10-13(18)11-16(3)8-9-19/h10,12,19,21H,4-9,11H2,1-3H3. The van der Waals surface area contributed by atoms with E-state index in [4.69, 9.17) is 5.11 Å². The smallest absolute Gasteiger partial charge is 0.223 e. The molecule has 0 amide bonds. The van der Waals surface area contributed by atoms with E-state index in [0.717, 1.165) is 31.9 Å². The molecule has 120 valence electrons. The van der Waals surface area contributed by atoms with E-state index < -0.39 is 0 Å². The number of aliphatic hydroxyl groups excluding tert-OH is 1. The summed E-state index contributed by atoms with van der Waals surface area (Å²) in [4.78, 5) is 15.9. The molecule has 0 saturated carbocycles. The molecule has 1 rings (SSSR count). The molecule has 1 heterocycles. The minimum absolute atomic E-state index is 0.0816. The van der Waals surface area contributed by atoms with Crippen LogP contribution in [-0.4, -0.2) is 64.4 Å². The van der Waals surface area contributed by atoms with Crippen molar-refractivity contribution in [3.05, 3.63) is 28.2 Å². The molecule has 0 bridgehead atoms. The molecule has 0 spiro atoms. The van der Waals surface area contributed by atoms with Crippen LogP contribution in [0.25, 0.3) is 0 Å². The Hall–Kier alpha value is -1.37. The predicted octanol–water partition coefficient (Wildman–Crippen LogP) is 0.320. The minimum atomic E-state index is -0.360. The first-order valence-electron chi connectivity index (χ1n) is 7.45. The summed E-state index contributed by atoms with van der Waals surface area (Å²) in [6.45, 7) is 8.96. The Kier molecular flexibility index (Phi) is 7.42. The number of aliphatic hydroxyl groups is 1. The lowest BCUT2D eigenvalue weighted by Gasteiger charge is -2.23. The van der Waals surface area contributed by atoms with Gasteiger partial charge in [0.15, 0.2) is 5.75 Å². The number of hydrogen-bond donors (Lipinski definition) is 2. The molecule has 0 aliphatic rings. The summed E-state index contributed by atoms with van der Waals surface area (Å²) >= 11 is 0. The summed E-state index contributed by atoms with van der Waals surface area (Å²) in [6, 6.07) is 1.48. The highest BCUT2D eigenvalue weighted by atomic mass is 16.3. The summed E-state index contributed by atoms with van der Waals surface area (Å²) < 4.78 is 1.92. The van der Waals surface area contributed by atoms with E-state index in [0.29, 0.717) is 13.1 Å². The van der Waals surface area contributed by atoms with Gasteiger partial charge in [-0.2, -0.15) is 0 Å². The number of aromatic nitrogens is 1. The first kappa shape index (κ1) is 17.7. The fourth-order valence-corrected chi connectivity index (χ4v) is 2.26. The molecule has 1 aromatic rings. The predicted molar refractivity (Wildman–Crippen MR) is 83.6 cm³/mol. The van der Waals surface area contributed by atoms with E-state index in [1.165, 1.54) is 12.3 Å². The highest BCUT2D eigenvalue weighted by Crippen LogP contribution is 2.08. The van der Waals surface area contributed by atoms with E-state index in [-0.39, 0.29) is 17.8 Å². The number of aromatic hydroxyl groups is 1. The zero-order chi connectivity index (χ0) is 15.8. The lowest BCUT2D eigenvalue weighted by atomic mass is 10.3. The fourth-order valence-electron chi connectivity index (χ4n) is 2.26. The lowest BCUT2D eigenvalue weighted by molar-refractivity contribution is 0.213. The topological polar surface area (TPSA) is 68.9 Å². The zero-order valence-electron chi connectivity index (χ0n) is 13.2. The van der Waals surface area contributed by atoms with Crippen molar-refractivity contribution in [2.45, 2.75) is 26.9 Å². The van der Waals surface area contributed by atoms with Crippen LogP contribution < -0.4 is 5.43 Å². The second kappa shape index (κ2) is 8.81. The lowest BCUT2D eigenvalue weighted by Crippen LogP contribution is -2.30. The molecule has 0 radical (unpaired) electrons. The van der Waals surface area contributed by atoms with Crippen LogP contribution in [0.2, 0.25) is 0 Å². The van der Waals surface area contributed by atoms with Crippen LogP contribution in [0.4, 0.5) is 0 Å². The second-order valence-electron chi connectivity index (χ2n) is 5.20. The van der Waals surface area contributed by atoms with E-state index in [1.807, 2.05) is 16.5 Å². The fraction of sp³-hybridized carbons (Fsp3) is 0.667.